The first-order chi connectivity index (χ1) is 20.9. The van der Waals surface area contributed by atoms with Crippen LogP contribution in [0.1, 0.15) is 50.2 Å². The van der Waals surface area contributed by atoms with E-state index in [1.165, 1.54) is 36.3 Å². The number of nitrogens with one attached hydrogen (secondary N) is 1. The second-order valence-electron chi connectivity index (χ2n) is 10.9. The molecule has 44 heavy (non-hydrogen) atoms. The van der Waals surface area contributed by atoms with E-state index in [1.54, 1.807) is 43.3 Å². The van der Waals surface area contributed by atoms with Gasteiger partial charge in [-0.25, -0.2) is 8.42 Å². The number of halogens is 3. The summed E-state index contributed by atoms with van der Waals surface area (Å²) < 4.78 is 34.7. The smallest absolute Gasteiger partial charge is 0.264 e. The highest BCUT2D eigenvalue weighted by Gasteiger charge is 2.34. The Hall–Kier alpha value is -2.98. The van der Waals surface area contributed by atoms with Gasteiger partial charge in [-0.1, -0.05) is 77.8 Å². The SMILES string of the molecule is COc1ccc(Cl)cc1N(CC(=O)N(Cc1ccc(Cl)cc1Cl)C(C)C(=O)NC1CCCCC1)S(=O)(=O)c1ccc(C)cc1. The first-order valence-electron chi connectivity index (χ1n) is 14.4. The number of aryl methyl sites for hydroxylation is 1. The Morgan fingerprint density at radius 3 is 2.23 bits per heavy atom. The number of carbonyl (C=O) groups is 2. The van der Waals surface area contributed by atoms with Crippen molar-refractivity contribution in [3.05, 3.63) is 86.9 Å². The molecule has 3 aromatic carbocycles. The van der Waals surface area contributed by atoms with Gasteiger partial charge in [0.15, 0.2) is 0 Å². The number of ether oxygens (including phenoxy) is 1. The number of carbonyl (C=O) groups excluding carboxylic acids is 2. The van der Waals surface area contributed by atoms with E-state index < -0.39 is 28.5 Å². The van der Waals surface area contributed by atoms with Crippen molar-refractivity contribution in [2.75, 3.05) is 18.0 Å². The first-order valence-corrected chi connectivity index (χ1v) is 16.9. The molecule has 1 atom stereocenters. The van der Waals surface area contributed by atoms with Gasteiger partial charge < -0.3 is 15.0 Å². The second kappa shape index (κ2) is 14.9. The number of amides is 2. The molecule has 0 spiro atoms. The Morgan fingerprint density at radius 1 is 0.955 bits per heavy atom. The predicted molar refractivity (Wildman–Crippen MR) is 175 cm³/mol. The highest BCUT2D eigenvalue weighted by Crippen LogP contribution is 2.35. The van der Waals surface area contributed by atoms with Crippen molar-refractivity contribution >= 4 is 62.3 Å². The minimum Gasteiger partial charge on any atom is -0.495 e. The Labute approximate surface area is 274 Å². The van der Waals surface area contributed by atoms with Crippen molar-refractivity contribution in [1.82, 2.24) is 10.2 Å². The van der Waals surface area contributed by atoms with E-state index in [4.69, 9.17) is 39.5 Å². The van der Waals surface area contributed by atoms with Crippen molar-refractivity contribution in [3.8, 4) is 5.75 Å². The number of benzene rings is 3. The maximum absolute atomic E-state index is 14.3. The molecule has 4 rings (SSSR count). The lowest BCUT2D eigenvalue weighted by molar-refractivity contribution is -0.139. The van der Waals surface area contributed by atoms with Crippen LogP contribution < -0.4 is 14.4 Å². The van der Waals surface area contributed by atoms with Gasteiger partial charge in [0.2, 0.25) is 11.8 Å². The van der Waals surface area contributed by atoms with Gasteiger partial charge in [-0.15, -0.1) is 0 Å². The fourth-order valence-electron chi connectivity index (χ4n) is 5.19. The quantitative estimate of drug-likeness (QED) is 0.235. The Kier molecular flexibility index (Phi) is 11.5. The molecule has 2 amide bonds. The predicted octanol–water partition coefficient (Wildman–Crippen LogP) is 7.03. The summed E-state index contributed by atoms with van der Waals surface area (Å²) >= 11 is 18.9. The highest BCUT2D eigenvalue weighted by molar-refractivity contribution is 7.92. The minimum absolute atomic E-state index is 0.0175. The van der Waals surface area contributed by atoms with Crippen molar-refractivity contribution in [3.63, 3.8) is 0 Å². The molecule has 236 valence electrons. The minimum atomic E-state index is -4.30. The standard InChI is InChI=1S/C32H36Cl3N3O5S/c1-21-9-14-27(15-10-21)44(41,42)38(29-18-25(34)13-16-30(29)43-3)20-31(39)37(19-23-11-12-24(33)17-28(23)35)22(2)32(40)36-26-7-5-4-6-8-26/h9-18,22,26H,4-8,19-20H2,1-3H3,(H,36,40). The van der Waals surface area contributed by atoms with E-state index in [-0.39, 0.29) is 39.8 Å². The molecule has 8 nitrogen and oxygen atoms in total. The van der Waals surface area contributed by atoms with Gasteiger partial charge in [0, 0.05) is 27.7 Å². The summed E-state index contributed by atoms with van der Waals surface area (Å²) in [5.41, 5.74) is 1.50. The normalized spacial score (nSPS) is 14.5. The fourth-order valence-corrected chi connectivity index (χ4v) is 7.24. The van der Waals surface area contributed by atoms with Crippen LogP contribution in [0.3, 0.4) is 0 Å². The van der Waals surface area contributed by atoms with Gasteiger partial charge in [-0.2, -0.15) is 0 Å². The highest BCUT2D eigenvalue weighted by atomic mass is 35.5. The summed E-state index contributed by atoms with van der Waals surface area (Å²) in [6, 6.07) is 14.8. The molecule has 1 saturated carbocycles. The van der Waals surface area contributed by atoms with Crippen LogP contribution in [-0.4, -0.2) is 50.9 Å². The van der Waals surface area contributed by atoms with Gasteiger partial charge in [0.25, 0.3) is 10.0 Å². The van der Waals surface area contributed by atoms with E-state index in [2.05, 4.69) is 5.32 Å². The molecule has 0 saturated heterocycles. The zero-order valence-corrected chi connectivity index (χ0v) is 27.9. The van der Waals surface area contributed by atoms with Crippen LogP contribution in [0.25, 0.3) is 0 Å². The van der Waals surface area contributed by atoms with E-state index >= 15 is 0 Å². The molecular formula is C32H36Cl3N3O5S. The topological polar surface area (TPSA) is 96.0 Å². The van der Waals surface area contributed by atoms with Crippen molar-refractivity contribution in [1.29, 1.82) is 0 Å². The van der Waals surface area contributed by atoms with Crippen LogP contribution in [0.4, 0.5) is 5.69 Å². The number of sulfonamides is 1. The summed E-state index contributed by atoms with van der Waals surface area (Å²) in [6.45, 7) is 2.77. The largest absolute Gasteiger partial charge is 0.495 e. The lowest BCUT2D eigenvalue weighted by Gasteiger charge is -2.33. The summed E-state index contributed by atoms with van der Waals surface area (Å²) in [7, 11) is -2.90. The fraction of sp³-hybridized carbons (Fsp3) is 0.375. The number of hydrogen-bond acceptors (Lipinski definition) is 5. The summed E-state index contributed by atoms with van der Waals surface area (Å²) in [4.78, 5) is 29.1. The first kappa shape index (κ1) is 33.9. The maximum atomic E-state index is 14.3. The molecule has 1 aliphatic rings. The third kappa shape index (κ3) is 8.18. The molecule has 0 bridgehead atoms. The van der Waals surface area contributed by atoms with Crippen molar-refractivity contribution in [2.24, 2.45) is 0 Å². The van der Waals surface area contributed by atoms with E-state index in [9.17, 15) is 18.0 Å². The number of nitrogens with zero attached hydrogens (tertiary/aromatic N) is 2. The van der Waals surface area contributed by atoms with Gasteiger partial charge in [-0.3, -0.25) is 13.9 Å². The Balaban J connectivity index is 1.75. The average Bonchev–Trinajstić information content (AvgIpc) is 2.99. The van der Waals surface area contributed by atoms with Gasteiger partial charge in [0.1, 0.15) is 18.3 Å². The zero-order valence-electron chi connectivity index (χ0n) is 24.9. The maximum Gasteiger partial charge on any atom is 0.264 e. The molecule has 0 heterocycles. The van der Waals surface area contributed by atoms with Crippen LogP contribution in [0.15, 0.2) is 65.6 Å². The molecule has 1 fully saturated rings. The molecule has 1 aliphatic carbocycles. The molecule has 0 radical (unpaired) electrons. The van der Waals surface area contributed by atoms with Crippen LogP contribution in [-0.2, 0) is 26.2 Å². The van der Waals surface area contributed by atoms with Crippen molar-refractivity contribution < 1.29 is 22.7 Å². The van der Waals surface area contributed by atoms with Gasteiger partial charge >= 0.3 is 0 Å². The molecule has 0 aliphatic heterocycles. The number of methoxy groups -OCH3 is 1. The van der Waals surface area contributed by atoms with Crippen LogP contribution in [0.5, 0.6) is 5.75 Å². The monoisotopic (exact) mass is 679 g/mol. The third-order valence-electron chi connectivity index (χ3n) is 7.77. The van der Waals surface area contributed by atoms with Gasteiger partial charge in [-0.05, 0) is 74.7 Å². The molecular weight excluding hydrogens is 645 g/mol. The summed E-state index contributed by atoms with van der Waals surface area (Å²) in [5, 5.41) is 4.07. The summed E-state index contributed by atoms with van der Waals surface area (Å²) in [6.07, 6.45) is 4.91. The van der Waals surface area contributed by atoms with Crippen molar-refractivity contribution in [2.45, 2.75) is 69.5 Å². The zero-order chi connectivity index (χ0) is 32.0. The van der Waals surface area contributed by atoms with E-state index in [1.807, 2.05) is 6.92 Å². The number of hydrogen-bond donors (Lipinski definition) is 1. The van der Waals surface area contributed by atoms with E-state index in [0.717, 1.165) is 42.0 Å². The molecule has 0 aromatic heterocycles. The lowest BCUT2D eigenvalue weighted by Crippen LogP contribution is -2.53. The lowest BCUT2D eigenvalue weighted by atomic mass is 9.95. The Morgan fingerprint density at radius 2 is 1.59 bits per heavy atom. The van der Waals surface area contributed by atoms with Gasteiger partial charge in [0.05, 0.1) is 17.7 Å². The summed E-state index contributed by atoms with van der Waals surface area (Å²) in [5.74, 6) is -0.753. The molecule has 1 N–H and O–H groups in total. The molecule has 1 unspecified atom stereocenters. The molecule has 12 heteroatoms. The van der Waals surface area contributed by atoms with E-state index in [0.29, 0.717) is 15.6 Å². The second-order valence-corrected chi connectivity index (χ2v) is 14.1. The van der Waals surface area contributed by atoms with Crippen LogP contribution in [0.2, 0.25) is 15.1 Å². The number of rotatable bonds is 11. The third-order valence-corrected chi connectivity index (χ3v) is 10.4. The number of anilines is 1. The van der Waals surface area contributed by atoms with Crippen LogP contribution in [0, 0.1) is 6.92 Å². The average molecular weight is 681 g/mol. The van der Waals surface area contributed by atoms with Crippen LogP contribution >= 0.6 is 34.8 Å². The molecule has 3 aromatic rings. The Bertz CT molecular complexity index is 1600.